The van der Waals surface area contributed by atoms with Crippen molar-refractivity contribution in [2.75, 3.05) is 0 Å². The smallest absolute Gasteiger partial charge is 0.304 e. The van der Waals surface area contributed by atoms with Crippen LogP contribution in [0.5, 0.6) is 0 Å². The molecule has 0 unspecified atom stereocenters. The Labute approximate surface area is 149 Å². The Kier molecular flexibility index (Phi) is 5.58. The monoisotopic (exact) mass is 366 g/mol. The number of nitrogens with zero attached hydrogens (tertiary/aromatic N) is 1. The van der Waals surface area contributed by atoms with Crippen LogP contribution in [0.3, 0.4) is 0 Å². The van der Waals surface area contributed by atoms with Gasteiger partial charge in [-0.2, -0.15) is 12.7 Å². The quantitative estimate of drug-likeness (QED) is 0.846. The first-order valence-electron chi connectivity index (χ1n) is 8.42. The Hall–Kier alpha value is -1.86. The number of amides is 1. The molecule has 1 N–H and O–H groups in total. The number of benzene rings is 1. The molecule has 25 heavy (non-hydrogen) atoms. The highest BCUT2D eigenvalue weighted by atomic mass is 32.2. The highest BCUT2D eigenvalue weighted by Gasteiger charge is 2.30. The van der Waals surface area contributed by atoms with E-state index in [1.807, 2.05) is 12.1 Å². The van der Waals surface area contributed by atoms with Crippen molar-refractivity contribution in [1.82, 2.24) is 9.03 Å². The summed E-state index contributed by atoms with van der Waals surface area (Å²) in [6, 6.07) is 6.72. The highest BCUT2D eigenvalue weighted by Crippen LogP contribution is 2.24. The van der Waals surface area contributed by atoms with Crippen LogP contribution < -0.4 is 4.72 Å². The van der Waals surface area contributed by atoms with Crippen LogP contribution in [0.4, 0.5) is 0 Å². The predicted octanol–water partition coefficient (Wildman–Crippen LogP) is 3.65. The lowest BCUT2D eigenvalue weighted by Gasteiger charge is -2.29. The number of rotatable bonds is 6. The Morgan fingerprint density at radius 3 is 2.16 bits per heavy atom. The van der Waals surface area contributed by atoms with Crippen molar-refractivity contribution in [2.45, 2.75) is 59.5 Å². The number of carbonyl (C=O) groups excluding carboxylic acids is 1. The van der Waals surface area contributed by atoms with Crippen molar-refractivity contribution < 1.29 is 17.6 Å². The Morgan fingerprint density at radius 1 is 1.04 bits per heavy atom. The molecular formula is C18H26N2O4S. The van der Waals surface area contributed by atoms with Crippen molar-refractivity contribution >= 4 is 27.1 Å². The molecule has 0 fully saturated rings. The Balaban J connectivity index is 2.30. The van der Waals surface area contributed by atoms with E-state index in [0.717, 1.165) is 10.9 Å². The zero-order chi connectivity index (χ0) is 18.9. The molecule has 0 aliphatic heterocycles. The third-order valence-electron chi connectivity index (χ3n) is 3.95. The Morgan fingerprint density at radius 2 is 1.64 bits per heavy atom. The summed E-state index contributed by atoms with van der Waals surface area (Å²) < 4.78 is 33.9. The molecule has 6 nitrogen and oxygen atoms in total. The van der Waals surface area contributed by atoms with Crippen molar-refractivity contribution in [2.24, 2.45) is 0 Å². The van der Waals surface area contributed by atoms with Gasteiger partial charge in [-0.1, -0.05) is 19.9 Å². The van der Waals surface area contributed by atoms with Gasteiger partial charge >= 0.3 is 16.1 Å². The second-order valence-corrected chi connectivity index (χ2v) is 8.59. The average molecular weight is 366 g/mol. The van der Waals surface area contributed by atoms with E-state index in [0.29, 0.717) is 11.5 Å². The van der Waals surface area contributed by atoms with Crippen LogP contribution in [0.2, 0.25) is 0 Å². The molecule has 0 saturated heterocycles. The van der Waals surface area contributed by atoms with E-state index < -0.39 is 16.1 Å². The summed E-state index contributed by atoms with van der Waals surface area (Å²) in [5.74, 6) is -0.442. The first kappa shape index (κ1) is 19.5. The summed E-state index contributed by atoms with van der Waals surface area (Å²) in [5, 5.41) is 0.776. The summed E-state index contributed by atoms with van der Waals surface area (Å²) in [6.45, 7) is 11.2. The molecule has 0 radical (unpaired) electrons. The van der Waals surface area contributed by atoms with E-state index in [1.54, 1.807) is 39.8 Å². The molecule has 0 aliphatic carbocycles. The van der Waals surface area contributed by atoms with Gasteiger partial charge < -0.3 is 4.42 Å². The fraction of sp³-hybridized carbons (Fsp3) is 0.500. The van der Waals surface area contributed by atoms with Crippen molar-refractivity contribution in [3.63, 3.8) is 0 Å². The summed E-state index contributed by atoms with van der Waals surface area (Å²) in [6.07, 6.45) is 0. The van der Waals surface area contributed by atoms with Crippen molar-refractivity contribution in [3.05, 3.63) is 35.6 Å². The third-order valence-corrected chi connectivity index (χ3v) is 5.79. The normalized spacial score (nSPS) is 12.7. The summed E-state index contributed by atoms with van der Waals surface area (Å²) in [4.78, 5) is 12.4. The molecule has 0 atom stereocenters. The van der Waals surface area contributed by atoms with E-state index >= 15 is 0 Å². The van der Waals surface area contributed by atoms with Crippen LogP contribution >= 0.6 is 0 Å². The van der Waals surface area contributed by atoms with E-state index in [-0.39, 0.29) is 17.8 Å². The van der Waals surface area contributed by atoms with E-state index in [9.17, 15) is 13.2 Å². The van der Waals surface area contributed by atoms with Gasteiger partial charge in [-0.3, -0.25) is 4.79 Å². The second-order valence-electron chi connectivity index (χ2n) is 7.02. The summed E-state index contributed by atoms with van der Waals surface area (Å²) in [5.41, 5.74) is 1.68. The number of fused-ring (bicyclic) bond motifs is 1. The minimum absolute atomic E-state index is 0.0213. The number of hydrogen-bond acceptors (Lipinski definition) is 4. The number of hydrogen-bond donors (Lipinski definition) is 1. The first-order chi connectivity index (χ1) is 11.5. The predicted molar refractivity (Wildman–Crippen MR) is 98.8 cm³/mol. The van der Waals surface area contributed by atoms with Gasteiger partial charge in [-0.05, 0) is 57.4 Å². The van der Waals surface area contributed by atoms with E-state index in [4.69, 9.17) is 4.42 Å². The lowest BCUT2D eigenvalue weighted by molar-refractivity contribution is 0.0953. The minimum Gasteiger partial charge on any atom is -0.451 e. The lowest BCUT2D eigenvalue weighted by Crippen LogP contribution is -2.49. The van der Waals surface area contributed by atoms with E-state index in [1.165, 1.54) is 4.31 Å². The fourth-order valence-electron chi connectivity index (χ4n) is 2.90. The van der Waals surface area contributed by atoms with Gasteiger partial charge in [0.2, 0.25) is 0 Å². The van der Waals surface area contributed by atoms with Gasteiger partial charge in [-0.15, -0.1) is 0 Å². The largest absolute Gasteiger partial charge is 0.451 e. The van der Waals surface area contributed by atoms with E-state index in [2.05, 4.69) is 18.6 Å². The maximum atomic E-state index is 12.5. The molecule has 0 saturated carbocycles. The molecule has 2 aromatic rings. The molecule has 0 aliphatic rings. The molecule has 2 rings (SSSR count). The number of carbonyl (C=O) groups is 1. The minimum atomic E-state index is -3.95. The zero-order valence-electron chi connectivity index (χ0n) is 15.5. The van der Waals surface area contributed by atoms with Gasteiger partial charge in [0.05, 0.1) is 0 Å². The highest BCUT2D eigenvalue weighted by molar-refractivity contribution is 7.87. The van der Waals surface area contributed by atoms with Crippen LogP contribution in [-0.2, 0) is 10.2 Å². The van der Waals surface area contributed by atoms with Crippen LogP contribution in [0.15, 0.2) is 28.7 Å². The van der Waals surface area contributed by atoms with Crippen molar-refractivity contribution in [3.8, 4) is 0 Å². The van der Waals surface area contributed by atoms with Crippen LogP contribution in [0.25, 0.3) is 11.0 Å². The lowest BCUT2D eigenvalue weighted by atomic mass is 10.0. The summed E-state index contributed by atoms with van der Waals surface area (Å²) >= 11 is 0. The molecular weight excluding hydrogens is 340 g/mol. The molecule has 0 spiro atoms. The second kappa shape index (κ2) is 7.17. The van der Waals surface area contributed by atoms with Gasteiger partial charge in [0.1, 0.15) is 5.58 Å². The molecule has 138 valence electrons. The number of nitrogens with one attached hydrogen (secondary N) is 1. The SMILES string of the molecule is CC(C)c1ccc2oc(C(=O)NS(=O)(=O)N(C(C)C)C(C)C)cc2c1. The van der Waals surface area contributed by atoms with Crippen LogP contribution in [-0.4, -0.2) is 30.7 Å². The average Bonchev–Trinajstić information content (AvgIpc) is 2.88. The van der Waals surface area contributed by atoms with Gasteiger partial charge in [0, 0.05) is 17.5 Å². The topological polar surface area (TPSA) is 79.6 Å². The first-order valence-corrected chi connectivity index (χ1v) is 9.86. The van der Waals surface area contributed by atoms with Gasteiger partial charge in [-0.25, -0.2) is 4.72 Å². The number of furan rings is 1. The molecule has 7 heteroatoms. The fourth-order valence-corrected chi connectivity index (χ4v) is 4.45. The maximum Gasteiger partial charge on any atom is 0.304 e. The molecule has 0 bridgehead atoms. The molecule has 1 aromatic heterocycles. The summed E-state index contributed by atoms with van der Waals surface area (Å²) in [7, 11) is -3.95. The van der Waals surface area contributed by atoms with Crippen LogP contribution in [0.1, 0.15) is 63.6 Å². The molecule has 1 heterocycles. The molecule has 1 aromatic carbocycles. The Bertz CT molecular complexity index is 858. The zero-order valence-corrected chi connectivity index (χ0v) is 16.3. The van der Waals surface area contributed by atoms with Crippen molar-refractivity contribution in [1.29, 1.82) is 0 Å². The maximum absolute atomic E-state index is 12.5. The van der Waals surface area contributed by atoms with Gasteiger partial charge in [0.25, 0.3) is 0 Å². The standard InChI is InChI=1S/C18H26N2O4S/c1-11(2)14-7-8-16-15(9-14)10-17(24-16)18(21)19-25(22,23)20(12(3)4)13(5)6/h7-13H,1-6H3,(H,19,21). The van der Waals surface area contributed by atoms with Gasteiger partial charge in [0.15, 0.2) is 5.76 Å². The van der Waals surface area contributed by atoms with Crippen LogP contribution in [0, 0.1) is 0 Å². The molecule has 1 amide bonds. The third kappa shape index (κ3) is 4.22.